The van der Waals surface area contributed by atoms with E-state index in [1.54, 1.807) is 53.4 Å². The molecule has 1 saturated carbocycles. The summed E-state index contributed by atoms with van der Waals surface area (Å²) in [5, 5.41) is 19.8. The molecular formula is C55H73N7O10. The minimum absolute atomic E-state index is 0.0302. The number of rotatable bonds is 15. The number of nitrogens with one attached hydrogen (secondary N) is 3. The highest BCUT2D eigenvalue weighted by Crippen LogP contribution is 2.48. The van der Waals surface area contributed by atoms with Crippen LogP contribution in [0, 0.1) is 10.8 Å². The predicted octanol–water partition coefficient (Wildman–Crippen LogP) is 6.15. The average molecular weight is 992 g/mol. The quantitative estimate of drug-likeness (QED) is 0.137. The van der Waals surface area contributed by atoms with Crippen molar-refractivity contribution >= 4 is 41.7 Å². The molecule has 1 saturated heterocycles. The van der Waals surface area contributed by atoms with E-state index in [-0.39, 0.29) is 56.9 Å². The summed E-state index contributed by atoms with van der Waals surface area (Å²) in [5.41, 5.74) is 1.86. The number of amides is 7. The zero-order valence-electron chi connectivity index (χ0n) is 43.2. The Morgan fingerprint density at radius 2 is 1.47 bits per heavy atom. The molecule has 2 fully saturated rings. The third-order valence-corrected chi connectivity index (χ3v) is 14.7. The molecule has 7 amide bonds. The van der Waals surface area contributed by atoms with E-state index in [0.717, 1.165) is 40.7 Å². The van der Waals surface area contributed by atoms with Crippen molar-refractivity contribution in [1.29, 1.82) is 0 Å². The number of carboxylic acid groups (broad SMARTS) is 1. The van der Waals surface area contributed by atoms with Gasteiger partial charge in [0.2, 0.25) is 29.5 Å². The molecule has 7 atom stereocenters. The lowest BCUT2D eigenvalue weighted by molar-refractivity contribution is -0.144. The number of carbonyl (C=O) groups excluding carboxylic acids is 6. The van der Waals surface area contributed by atoms with Gasteiger partial charge in [-0.2, -0.15) is 0 Å². The molecular weight excluding hydrogens is 919 g/mol. The van der Waals surface area contributed by atoms with Crippen LogP contribution in [-0.4, -0.2) is 136 Å². The van der Waals surface area contributed by atoms with Crippen molar-refractivity contribution in [2.24, 2.45) is 10.8 Å². The maximum atomic E-state index is 15.1. The van der Waals surface area contributed by atoms with E-state index >= 15 is 9.59 Å². The minimum atomic E-state index is -1.23. The van der Waals surface area contributed by atoms with Crippen LogP contribution in [-0.2, 0) is 52.8 Å². The van der Waals surface area contributed by atoms with Crippen LogP contribution >= 0.6 is 0 Å². The van der Waals surface area contributed by atoms with Crippen LogP contribution in [0.3, 0.4) is 0 Å². The first kappa shape index (κ1) is 53.3. The van der Waals surface area contributed by atoms with E-state index < -0.39 is 82.6 Å². The Balaban J connectivity index is 1.16. The Morgan fingerprint density at radius 1 is 0.833 bits per heavy atom. The van der Waals surface area contributed by atoms with Gasteiger partial charge >= 0.3 is 12.2 Å². The number of likely N-dealkylation sites (tertiary alicyclic amines) is 1. The Labute approximate surface area is 423 Å². The lowest BCUT2D eigenvalue weighted by Crippen LogP contribution is -2.60. The molecule has 4 aliphatic rings. The standard InChI is InChI=1S/C55H73N7O10/c1-34(59(8)52(70)72-54(5,6)7)46(63)58-45(53(2,3)4)49(66)60-31-39(29-42(60)47(64)57-41-25-17-23-35-18-15-16-24-40(35)41)56-50(67)55(26-27-55)33-62(44(32-71-9)36-19-11-10-12-20-36)48(65)43-28-37-21-13-14-22-38(37)30-61(43)51(68)69/h10-16,18-22,24,34,39,41-45H,17,23,25-33H2,1-9H3,(H,56,67)(H,57,64)(H,58,63)(H,68,69)/t34?,39-,41+,42-,43?,44+,45?/m0/s1. The van der Waals surface area contributed by atoms with E-state index in [0.29, 0.717) is 19.3 Å². The summed E-state index contributed by atoms with van der Waals surface area (Å²) in [7, 11) is 2.98. The number of ether oxygens (including phenoxy) is 2. The molecule has 0 radical (unpaired) electrons. The van der Waals surface area contributed by atoms with Gasteiger partial charge in [-0.05, 0) is 99.5 Å². The van der Waals surface area contributed by atoms with Gasteiger partial charge in [0.15, 0.2) is 0 Å². The normalized spacial score (nSPS) is 21.4. The predicted molar refractivity (Wildman–Crippen MR) is 269 cm³/mol. The number of benzene rings is 3. The van der Waals surface area contributed by atoms with E-state index in [2.05, 4.69) is 22.0 Å². The van der Waals surface area contributed by atoms with Crippen molar-refractivity contribution in [1.82, 2.24) is 35.6 Å². The molecule has 2 aliphatic carbocycles. The van der Waals surface area contributed by atoms with Gasteiger partial charge in [-0.1, -0.05) is 99.6 Å². The van der Waals surface area contributed by atoms with Crippen molar-refractivity contribution < 1.29 is 48.1 Å². The fraction of sp³-hybridized carbons (Fsp3) is 0.545. The second kappa shape index (κ2) is 21.7. The van der Waals surface area contributed by atoms with Crippen LogP contribution in [0.4, 0.5) is 9.59 Å². The molecule has 0 aromatic heterocycles. The molecule has 4 N–H and O–H groups in total. The molecule has 17 nitrogen and oxygen atoms in total. The van der Waals surface area contributed by atoms with Gasteiger partial charge in [-0.3, -0.25) is 33.8 Å². The van der Waals surface area contributed by atoms with E-state index in [9.17, 15) is 29.1 Å². The van der Waals surface area contributed by atoms with Crippen molar-refractivity contribution in [2.75, 3.05) is 33.9 Å². The third kappa shape index (κ3) is 12.0. The van der Waals surface area contributed by atoms with Crippen LogP contribution in [0.2, 0.25) is 0 Å². The highest BCUT2D eigenvalue weighted by Gasteiger charge is 2.55. The van der Waals surface area contributed by atoms with Gasteiger partial charge in [0.05, 0.1) is 30.7 Å². The van der Waals surface area contributed by atoms with E-state index in [1.807, 2.05) is 72.8 Å². The Hall–Kier alpha value is -6.49. The number of methoxy groups -OCH3 is 1. The fourth-order valence-electron chi connectivity index (χ4n) is 10.3. The fourth-order valence-corrected chi connectivity index (χ4v) is 10.3. The van der Waals surface area contributed by atoms with Crippen molar-refractivity contribution in [2.45, 2.75) is 148 Å². The van der Waals surface area contributed by atoms with Gasteiger partial charge in [0, 0.05) is 39.7 Å². The van der Waals surface area contributed by atoms with Gasteiger partial charge in [-0.15, -0.1) is 0 Å². The average Bonchev–Trinajstić information content (AvgIpc) is 4.02. The first-order valence-corrected chi connectivity index (χ1v) is 25.2. The summed E-state index contributed by atoms with van der Waals surface area (Å²) in [6.07, 6.45) is 1.61. The highest BCUT2D eigenvalue weighted by molar-refractivity contribution is 5.95. The maximum Gasteiger partial charge on any atom is 0.410 e. The lowest BCUT2D eigenvalue weighted by atomic mass is 9.85. The molecule has 0 bridgehead atoms. The number of fused-ring (bicyclic) bond motifs is 2. The monoisotopic (exact) mass is 992 g/mol. The molecule has 17 heteroatoms. The first-order valence-electron chi connectivity index (χ1n) is 25.2. The molecule has 3 aromatic rings. The number of nitrogens with zero attached hydrogens (tertiary/aromatic N) is 4. The zero-order chi connectivity index (χ0) is 52.3. The number of carbonyl (C=O) groups is 7. The molecule has 0 spiro atoms. The Kier molecular flexibility index (Phi) is 16.1. The van der Waals surface area contributed by atoms with Crippen LogP contribution in [0.1, 0.15) is 120 Å². The van der Waals surface area contributed by atoms with Gasteiger partial charge in [0.25, 0.3) is 0 Å². The third-order valence-electron chi connectivity index (χ3n) is 14.7. The topological polar surface area (TPSA) is 207 Å². The highest BCUT2D eigenvalue weighted by atomic mass is 16.6. The van der Waals surface area contributed by atoms with Crippen LogP contribution < -0.4 is 16.0 Å². The second-order valence-corrected chi connectivity index (χ2v) is 22.2. The smallest absolute Gasteiger partial charge is 0.410 e. The molecule has 2 aliphatic heterocycles. The van der Waals surface area contributed by atoms with Crippen molar-refractivity contribution in [3.8, 4) is 0 Å². The van der Waals surface area contributed by atoms with E-state index in [1.165, 1.54) is 28.9 Å². The molecule has 3 aromatic carbocycles. The Morgan fingerprint density at radius 3 is 2.10 bits per heavy atom. The lowest BCUT2D eigenvalue weighted by Gasteiger charge is -2.41. The summed E-state index contributed by atoms with van der Waals surface area (Å²) in [6.45, 7) is 12.1. The summed E-state index contributed by atoms with van der Waals surface area (Å²) < 4.78 is 11.2. The summed E-state index contributed by atoms with van der Waals surface area (Å²) in [4.78, 5) is 105. The van der Waals surface area contributed by atoms with Crippen LogP contribution in [0.25, 0.3) is 0 Å². The van der Waals surface area contributed by atoms with Crippen molar-refractivity contribution in [3.63, 3.8) is 0 Å². The van der Waals surface area contributed by atoms with Crippen LogP contribution in [0.15, 0.2) is 78.9 Å². The number of hydrogen-bond donors (Lipinski definition) is 4. The SMILES string of the molecule is COC[C@H](c1ccccc1)N(CC1(C(=O)N[C@H]2C[C@@H](C(=O)N[C@@H]3CCCc4ccccc43)N(C(=O)C(NC(=O)C(C)N(C)C(=O)OC(C)(C)C)C(C)(C)C)C2)CC1)C(=O)C1Cc2ccccc2CN1C(=O)O. The van der Waals surface area contributed by atoms with Crippen LogP contribution in [0.5, 0.6) is 0 Å². The summed E-state index contributed by atoms with van der Waals surface area (Å²) >= 11 is 0. The molecule has 7 rings (SSSR count). The molecule has 72 heavy (non-hydrogen) atoms. The first-order chi connectivity index (χ1) is 34.0. The summed E-state index contributed by atoms with van der Waals surface area (Å²) in [6, 6.07) is 18.8. The molecule has 2 heterocycles. The molecule has 388 valence electrons. The number of hydrogen-bond acceptors (Lipinski definition) is 9. The van der Waals surface area contributed by atoms with Gasteiger partial charge < -0.3 is 40.3 Å². The van der Waals surface area contributed by atoms with Gasteiger partial charge in [0.1, 0.15) is 29.8 Å². The van der Waals surface area contributed by atoms with Crippen molar-refractivity contribution in [3.05, 3.63) is 107 Å². The largest absolute Gasteiger partial charge is 0.465 e. The minimum Gasteiger partial charge on any atom is -0.465 e. The second-order valence-electron chi connectivity index (χ2n) is 22.2. The number of likely N-dealkylation sites (N-methyl/N-ethyl adjacent to an activating group) is 1. The molecule has 3 unspecified atom stereocenters. The zero-order valence-corrected chi connectivity index (χ0v) is 43.2. The van der Waals surface area contributed by atoms with E-state index in [4.69, 9.17) is 9.47 Å². The maximum absolute atomic E-state index is 15.1. The summed E-state index contributed by atoms with van der Waals surface area (Å²) in [5.74, 6) is -2.31. The van der Waals surface area contributed by atoms with Gasteiger partial charge in [-0.25, -0.2) is 9.59 Å². The number of aryl methyl sites for hydroxylation is 1. The Bertz CT molecular complexity index is 2500.